The summed E-state index contributed by atoms with van der Waals surface area (Å²) in [4.78, 5) is 2.67. The molecular weight excluding hydrogens is 256 g/mol. The van der Waals surface area contributed by atoms with Gasteiger partial charge in [0.15, 0.2) is 0 Å². The van der Waals surface area contributed by atoms with Gasteiger partial charge < -0.3 is 5.32 Å². The molecule has 2 heteroatoms. The SMILES string of the molecule is CCNC(Cc1ccc(C)c(C)c1)C(C)(C)N1CCCC1. The molecule has 2 rings (SSSR count). The van der Waals surface area contributed by atoms with Crippen LogP contribution in [0, 0.1) is 13.8 Å². The fourth-order valence-corrected chi connectivity index (χ4v) is 3.50. The molecule has 1 aromatic rings. The Labute approximate surface area is 130 Å². The van der Waals surface area contributed by atoms with Crippen molar-refractivity contribution >= 4 is 0 Å². The highest BCUT2D eigenvalue weighted by atomic mass is 15.2. The van der Waals surface area contributed by atoms with Crippen molar-refractivity contribution in [2.45, 2.75) is 65.5 Å². The summed E-state index contributed by atoms with van der Waals surface area (Å²) in [7, 11) is 0. The molecule has 2 nitrogen and oxygen atoms in total. The number of benzene rings is 1. The number of aryl methyl sites for hydroxylation is 2. The molecule has 118 valence electrons. The van der Waals surface area contributed by atoms with E-state index in [4.69, 9.17) is 0 Å². The molecule has 1 N–H and O–H groups in total. The van der Waals surface area contributed by atoms with Crippen molar-refractivity contribution in [3.05, 3.63) is 34.9 Å². The zero-order chi connectivity index (χ0) is 15.5. The van der Waals surface area contributed by atoms with Gasteiger partial charge in [-0.2, -0.15) is 0 Å². The maximum Gasteiger partial charge on any atom is 0.0309 e. The molecule has 1 unspecified atom stereocenters. The smallest absolute Gasteiger partial charge is 0.0309 e. The van der Waals surface area contributed by atoms with Gasteiger partial charge in [-0.25, -0.2) is 0 Å². The average Bonchev–Trinajstić information content (AvgIpc) is 2.97. The molecule has 0 bridgehead atoms. The van der Waals surface area contributed by atoms with Crippen LogP contribution in [0.5, 0.6) is 0 Å². The molecule has 0 spiro atoms. The second-order valence-corrected chi connectivity index (χ2v) is 7.08. The highest BCUT2D eigenvalue weighted by molar-refractivity contribution is 5.30. The molecule has 0 saturated carbocycles. The zero-order valence-electron chi connectivity index (χ0n) is 14.5. The number of nitrogens with zero attached hydrogens (tertiary/aromatic N) is 1. The topological polar surface area (TPSA) is 15.3 Å². The van der Waals surface area contributed by atoms with Crippen LogP contribution in [-0.4, -0.2) is 36.1 Å². The molecule has 1 aromatic carbocycles. The van der Waals surface area contributed by atoms with Gasteiger partial charge in [-0.15, -0.1) is 0 Å². The molecule has 21 heavy (non-hydrogen) atoms. The molecule has 1 aliphatic rings. The third-order valence-electron chi connectivity index (χ3n) is 5.24. The summed E-state index contributed by atoms with van der Waals surface area (Å²) in [5, 5.41) is 3.74. The molecule has 0 aliphatic carbocycles. The number of rotatable bonds is 6. The Hall–Kier alpha value is -0.860. The molecule has 0 radical (unpaired) electrons. The summed E-state index contributed by atoms with van der Waals surface area (Å²) in [5.74, 6) is 0. The van der Waals surface area contributed by atoms with Gasteiger partial charge in [-0.3, -0.25) is 4.90 Å². The molecule has 1 fully saturated rings. The van der Waals surface area contributed by atoms with Crippen LogP contribution in [0.1, 0.15) is 50.3 Å². The highest BCUT2D eigenvalue weighted by Gasteiger charge is 2.36. The molecule has 1 atom stereocenters. The summed E-state index contributed by atoms with van der Waals surface area (Å²) >= 11 is 0. The Morgan fingerprint density at radius 3 is 2.38 bits per heavy atom. The summed E-state index contributed by atoms with van der Waals surface area (Å²) < 4.78 is 0. The molecule has 0 aromatic heterocycles. The predicted molar refractivity (Wildman–Crippen MR) is 92.0 cm³/mol. The van der Waals surface area contributed by atoms with Crippen LogP contribution < -0.4 is 5.32 Å². The Balaban J connectivity index is 2.15. The monoisotopic (exact) mass is 288 g/mol. The predicted octanol–water partition coefficient (Wildman–Crippen LogP) is 3.70. The van der Waals surface area contributed by atoms with Crippen molar-refractivity contribution in [3.63, 3.8) is 0 Å². The van der Waals surface area contributed by atoms with E-state index in [9.17, 15) is 0 Å². The van der Waals surface area contributed by atoms with Crippen molar-refractivity contribution in [3.8, 4) is 0 Å². The van der Waals surface area contributed by atoms with Gasteiger partial charge in [-0.05, 0) is 83.3 Å². The molecule has 0 amide bonds. The minimum Gasteiger partial charge on any atom is -0.312 e. The quantitative estimate of drug-likeness (QED) is 0.858. The Bertz CT molecular complexity index is 459. The van der Waals surface area contributed by atoms with E-state index in [1.54, 1.807) is 0 Å². The number of likely N-dealkylation sites (N-methyl/N-ethyl adjacent to an activating group) is 1. The zero-order valence-corrected chi connectivity index (χ0v) is 14.5. The minimum absolute atomic E-state index is 0.214. The average molecular weight is 288 g/mol. The molecule has 1 heterocycles. The second kappa shape index (κ2) is 6.93. The lowest BCUT2D eigenvalue weighted by Crippen LogP contribution is -2.57. The standard InChI is InChI=1S/C19H32N2/c1-6-20-18(19(4,5)21-11-7-8-12-21)14-17-10-9-15(2)16(3)13-17/h9-10,13,18,20H,6-8,11-12,14H2,1-5H3. The number of hydrogen-bond acceptors (Lipinski definition) is 2. The minimum atomic E-state index is 0.214. The van der Waals surface area contributed by atoms with Crippen molar-refractivity contribution in [1.29, 1.82) is 0 Å². The Morgan fingerprint density at radius 1 is 1.14 bits per heavy atom. The summed E-state index contributed by atoms with van der Waals surface area (Å²) in [6.07, 6.45) is 3.82. The second-order valence-electron chi connectivity index (χ2n) is 7.08. The Morgan fingerprint density at radius 2 is 1.81 bits per heavy atom. The Kier molecular flexibility index (Phi) is 5.45. The van der Waals surface area contributed by atoms with E-state index in [-0.39, 0.29) is 5.54 Å². The first-order valence-electron chi connectivity index (χ1n) is 8.49. The maximum atomic E-state index is 3.74. The first kappa shape index (κ1) is 16.5. The van der Waals surface area contributed by atoms with Gasteiger partial charge in [-0.1, -0.05) is 25.1 Å². The third-order valence-corrected chi connectivity index (χ3v) is 5.24. The van der Waals surface area contributed by atoms with Crippen molar-refractivity contribution in [2.75, 3.05) is 19.6 Å². The maximum absolute atomic E-state index is 3.74. The van der Waals surface area contributed by atoms with Crippen LogP contribution in [0.4, 0.5) is 0 Å². The van der Waals surface area contributed by atoms with Crippen molar-refractivity contribution < 1.29 is 0 Å². The molecule has 1 saturated heterocycles. The van der Waals surface area contributed by atoms with E-state index in [1.165, 1.54) is 42.6 Å². The van der Waals surface area contributed by atoms with E-state index in [1.807, 2.05) is 0 Å². The first-order chi connectivity index (χ1) is 9.95. The highest BCUT2D eigenvalue weighted by Crippen LogP contribution is 2.26. The van der Waals surface area contributed by atoms with E-state index >= 15 is 0 Å². The van der Waals surface area contributed by atoms with Crippen LogP contribution in [0.25, 0.3) is 0 Å². The van der Waals surface area contributed by atoms with E-state index < -0.39 is 0 Å². The summed E-state index contributed by atoms with van der Waals surface area (Å²) in [5.41, 5.74) is 4.46. The lowest BCUT2D eigenvalue weighted by Gasteiger charge is -2.42. The van der Waals surface area contributed by atoms with Crippen molar-refractivity contribution in [1.82, 2.24) is 10.2 Å². The molecule has 1 aliphatic heterocycles. The number of likely N-dealkylation sites (tertiary alicyclic amines) is 1. The number of nitrogens with one attached hydrogen (secondary N) is 1. The van der Waals surface area contributed by atoms with Crippen LogP contribution >= 0.6 is 0 Å². The van der Waals surface area contributed by atoms with Crippen LogP contribution in [-0.2, 0) is 6.42 Å². The number of hydrogen-bond donors (Lipinski definition) is 1. The van der Waals surface area contributed by atoms with Crippen LogP contribution in [0.15, 0.2) is 18.2 Å². The van der Waals surface area contributed by atoms with Gasteiger partial charge in [0.25, 0.3) is 0 Å². The van der Waals surface area contributed by atoms with Gasteiger partial charge in [0.2, 0.25) is 0 Å². The third kappa shape index (κ3) is 3.87. The van der Waals surface area contributed by atoms with E-state index in [0.29, 0.717) is 6.04 Å². The van der Waals surface area contributed by atoms with Gasteiger partial charge in [0.1, 0.15) is 0 Å². The van der Waals surface area contributed by atoms with Gasteiger partial charge in [0.05, 0.1) is 0 Å². The fraction of sp³-hybridized carbons (Fsp3) is 0.684. The normalized spacial score (nSPS) is 18.1. The lowest BCUT2D eigenvalue weighted by molar-refractivity contribution is 0.107. The van der Waals surface area contributed by atoms with E-state index in [2.05, 4.69) is 63.0 Å². The summed E-state index contributed by atoms with van der Waals surface area (Å²) in [6, 6.07) is 7.42. The first-order valence-corrected chi connectivity index (χ1v) is 8.49. The van der Waals surface area contributed by atoms with Gasteiger partial charge >= 0.3 is 0 Å². The summed E-state index contributed by atoms with van der Waals surface area (Å²) in [6.45, 7) is 15.0. The fourth-order valence-electron chi connectivity index (χ4n) is 3.50. The van der Waals surface area contributed by atoms with Crippen LogP contribution in [0.3, 0.4) is 0 Å². The molecular formula is C19H32N2. The lowest BCUT2D eigenvalue weighted by atomic mass is 9.87. The van der Waals surface area contributed by atoms with Gasteiger partial charge in [0, 0.05) is 11.6 Å². The largest absolute Gasteiger partial charge is 0.312 e. The van der Waals surface area contributed by atoms with Crippen molar-refractivity contribution in [2.24, 2.45) is 0 Å². The van der Waals surface area contributed by atoms with E-state index in [0.717, 1.165) is 13.0 Å². The van der Waals surface area contributed by atoms with Crippen LogP contribution in [0.2, 0.25) is 0 Å².